The zero-order chi connectivity index (χ0) is 14.0. The molecule has 0 bridgehead atoms. The smallest absolute Gasteiger partial charge is 0.191 e. The Balaban J connectivity index is 2.14. The lowest BCUT2D eigenvalue weighted by Gasteiger charge is -2.06. The normalized spacial score (nSPS) is 11.2. The molecule has 2 N–H and O–H groups in total. The first-order chi connectivity index (χ1) is 9.04. The molecule has 0 aliphatic carbocycles. The van der Waals surface area contributed by atoms with E-state index in [-0.39, 0.29) is 0 Å². The zero-order valence-corrected chi connectivity index (χ0v) is 12.8. The number of halogens is 1. The Morgan fingerprint density at radius 3 is 2.63 bits per heavy atom. The Hall–Kier alpha value is -1.05. The van der Waals surface area contributed by atoms with E-state index in [9.17, 15) is 0 Å². The van der Waals surface area contributed by atoms with E-state index in [4.69, 9.17) is 17.3 Å². The van der Waals surface area contributed by atoms with Crippen LogP contribution in [0.3, 0.4) is 0 Å². The predicted octanol–water partition coefficient (Wildman–Crippen LogP) is 1.53. The molecule has 0 aliphatic heterocycles. The lowest BCUT2D eigenvalue weighted by atomic mass is 10.4. The Bertz CT molecular complexity index is 576. The molecule has 0 spiro atoms. The minimum atomic E-state index is 0.567. The standard InChI is InChI=1S/C11H17ClN6S/c1-7-10(12)9(17(3)16-7)6-19-11-15-14-8(2)18(11)5-4-13/h4-6,13H2,1-3H3. The van der Waals surface area contributed by atoms with Gasteiger partial charge in [0.1, 0.15) is 5.82 Å². The first-order valence-electron chi connectivity index (χ1n) is 5.95. The third kappa shape index (κ3) is 2.93. The van der Waals surface area contributed by atoms with E-state index < -0.39 is 0 Å². The summed E-state index contributed by atoms with van der Waals surface area (Å²) in [7, 11) is 1.89. The summed E-state index contributed by atoms with van der Waals surface area (Å²) < 4.78 is 3.82. The summed E-state index contributed by atoms with van der Waals surface area (Å²) in [5, 5.41) is 14.1. The molecule has 0 aliphatic rings. The molecule has 0 atom stereocenters. The van der Waals surface area contributed by atoms with Crippen LogP contribution in [0.15, 0.2) is 5.16 Å². The van der Waals surface area contributed by atoms with Crippen molar-refractivity contribution in [1.82, 2.24) is 24.5 Å². The summed E-state index contributed by atoms with van der Waals surface area (Å²) in [6.07, 6.45) is 0. The Morgan fingerprint density at radius 2 is 2.05 bits per heavy atom. The molecule has 19 heavy (non-hydrogen) atoms. The first kappa shape index (κ1) is 14.4. The second-order valence-corrected chi connectivity index (χ2v) is 5.55. The number of thioether (sulfide) groups is 1. The van der Waals surface area contributed by atoms with Crippen molar-refractivity contribution in [3.63, 3.8) is 0 Å². The van der Waals surface area contributed by atoms with Crippen molar-refractivity contribution < 1.29 is 0 Å². The second kappa shape index (κ2) is 5.94. The van der Waals surface area contributed by atoms with Crippen LogP contribution in [0.1, 0.15) is 17.2 Å². The summed E-state index contributed by atoms with van der Waals surface area (Å²) >= 11 is 7.82. The molecule has 0 aromatic carbocycles. The van der Waals surface area contributed by atoms with Crippen molar-refractivity contribution in [2.45, 2.75) is 31.3 Å². The van der Waals surface area contributed by atoms with Gasteiger partial charge in [-0.15, -0.1) is 10.2 Å². The summed E-state index contributed by atoms with van der Waals surface area (Å²) in [6, 6.07) is 0. The highest BCUT2D eigenvalue weighted by Gasteiger charge is 2.14. The van der Waals surface area contributed by atoms with E-state index >= 15 is 0 Å². The molecule has 0 amide bonds. The van der Waals surface area contributed by atoms with Gasteiger partial charge in [-0.1, -0.05) is 23.4 Å². The van der Waals surface area contributed by atoms with Crippen molar-refractivity contribution in [3.05, 3.63) is 22.2 Å². The molecule has 6 nitrogen and oxygen atoms in total. The fourth-order valence-electron chi connectivity index (χ4n) is 1.82. The maximum Gasteiger partial charge on any atom is 0.191 e. The van der Waals surface area contributed by atoms with Crippen LogP contribution in [0.4, 0.5) is 0 Å². The van der Waals surface area contributed by atoms with Gasteiger partial charge >= 0.3 is 0 Å². The van der Waals surface area contributed by atoms with Crippen molar-refractivity contribution in [3.8, 4) is 0 Å². The number of aryl methyl sites for hydroxylation is 3. The highest BCUT2D eigenvalue weighted by Crippen LogP contribution is 2.27. The van der Waals surface area contributed by atoms with Gasteiger partial charge in [-0.25, -0.2) is 0 Å². The van der Waals surface area contributed by atoms with Crippen LogP contribution < -0.4 is 5.73 Å². The number of hydrogen-bond donors (Lipinski definition) is 1. The minimum Gasteiger partial charge on any atom is -0.329 e. The molecule has 2 aromatic heterocycles. The maximum absolute atomic E-state index is 6.23. The van der Waals surface area contributed by atoms with Gasteiger partial charge in [0, 0.05) is 25.9 Å². The van der Waals surface area contributed by atoms with Crippen LogP contribution >= 0.6 is 23.4 Å². The topological polar surface area (TPSA) is 74.5 Å². The van der Waals surface area contributed by atoms with Crippen molar-refractivity contribution in [2.75, 3.05) is 6.54 Å². The number of rotatable bonds is 5. The number of aromatic nitrogens is 5. The zero-order valence-electron chi connectivity index (χ0n) is 11.2. The van der Waals surface area contributed by atoms with E-state index in [1.54, 1.807) is 16.4 Å². The van der Waals surface area contributed by atoms with Crippen molar-refractivity contribution in [2.24, 2.45) is 12.8 Å². The average molecular weight is 301 g/mol. The number of hydrogen-bond acceptors (Lipinski definition) is 5. The van der Waals surface area contributed by atoms with Crippen LogP contribution in [0, 0.1) is 13.8 Å². The first-order valence-corrected chi connectivity index (χ1v) is 7.31. The highest BCUT2D eigenvalue weighted by molar-refractivity contribution is 7.98. The third-order valence-corrected chi connectivity index (χ3v) is 4.32. The molecule has 0 saturated carbocycles. The van der Waals surface area contributed by atoms with Gasteiger partial charge in [0.05, 0.1) is 16.4 Å². The SMILES string of the molecule is Cc1nn(C)c(CSc2nnc(C)n2CCN)c1Cl. The van der Waals surface area contributed by atoms with Gasteiger partial charge in [0.2, 0.25) is 0 Å². The summed E-state index contributed by atoms with van der Waals surface area (Å²) in [5.41, 5.74) is 7.43. The molecule has 8 heteroatoms. The highest BCUT2D eigenvalue weighted by atomic mass is 35.5. The molecule has 0 radical (unpaired) electrons. The van der Waals surface area contributed by atoms with E-state index in [1.807, 2.05) is 25.5 Å². The van der Waals surface area contributed by atoms with Gasteiger partial charge in [-0.3, -0.25) is 4.68 Å². The predicted molar refractivity (Wildman–Crippen MR) is 76.3 cm³/mol. The number of nitrogens with zero attached hydrogens (tertiary/aromatic N) is 5. The fraction of sp³-hybridized carbons (Fsp3) is 0.545. The minimum absolute atomic E-state index is 0.567. The van der Waals surface area contributed by atoms with Crippen molar-refractivity contribution >= 4 is 23.4 Å². The summed E-state index contributed by atoms with van der Waals surface area (Å²) in [4.78, 5) is 0. The molecule has 0 fully saturated rings. The van der Waals surface area contributed by atoms with Crippen molar-refractivity contribution in [1.29, 1.82) is 0 Å². The third-order valence-electron chi connectivity index (χ3n) is 2.85. The van der Waals surface area contributed by atoms with E-state index in [2.05, 4.69) is 15.3 Å². The molecule has 104 valence electrons. The van der Waals surface area contributed by atoms with E-state index in [0.29, 0.717) is 12.3 Å². The van der Waals surface area contributed by atoms with Gasteiger partial charge in [0.15, 0.2) is 5.16 Å². The monoisotopic (exact) mass is 300 g/mol. The van der Waals surface area contributed by atoms with Gasteiger partial charge in [0.25, 0.3) is 0 Å². The molecule has 2 heterocycles. The Morgan fingerprint density at radius 1 is 1.32 bits per heavy atom. The molecule has 0 unspecified atom stereocenters. The van der Waals surface area contributed by atoms with E-state index in [0.717, 1.165) is 33.9 Å². The Labute approximate surface area is 121 Å². The lowest BCUT2D eigenvalue weighted by molar-refractivity contribution is 0.627. The lowest BCUT2D eigenvalue weighted by Crippen LogP contribution is -2.12. The Kier molecular flexibility index (Phi) is 4.49. The van der Waals surface area contributed by atoms with Gasteiger partial charge < -0.3 is 10.3 Å². The molecule has 2 aromatic rings. The van der Waals surface area contributed by atoms with Gasteiger partial charge in [-0.2, -0.15) is 5.10 Å². The van der Waals surface area contributed by atoms with Gasteiger partial charge in [-0.05, 0) is 13.8 Å². The van der Waals surface area contributed by atoms with Crippen LogP contribution in [-0.4, -0.2) is 31.1 Å². The summed E-state index contributed by atoms with van der Waals surface area (Å²) in [6.45, 7) is 5.11. The largest absolute Gasteiger partial charge is 0.329 e. The second-order valence-electron chi connectivity index (χ2n) is 4.23. The van der Waals surface area contributed by atoms with Crippen LogP contribution in [0.5, 0.6) is 0 Å². The molecule has 0 saturated heterocycles. The molecular weight excluding hydrogens is 284 g/mol. The quantitative estimate of drug-likeness (QED) is 0.848. The molecular formula is C11H17ClN6S. The van der Waals surface area contributed by atoms with Crippen LogP contribution in [0.25, 0.3) is 0 Å². The average Bonchev–Trinajstić information content (AvgIpc) is 2.82. The number of nitrogens with two attached hydrogens (primary N) is 1. The van der Waals surface area contributed by atoms with E-state index in [1.165, 1.54) is 0 Å². The fourth-order valence-corrected chi connectivity index (χ4v) is 3.21. The van der Waals surface area contributed by atoms with Crippen LogP contribution in [0.2, 0.25) is 5.02 Å². The summed E-state index contributed by atoms with van der Waals surface area (Å²) in [5.74, 6) is 1.58. The molecule has 2 rings (SSSR count). The van der Waals surface area contributed by atoms with Crippen LogP contribution in [-0.2, 0) is 19.3 Å². The maximum atomic E-state index is 6.23.